The van der Waals surface area contributed by atoms with Crippen molar-refractivity contribution < 1.29 is 9.90 Å². The number of nitrogens with zero attached hydrogens (tertiary/aromatic N) is 1. The van der Waals surface area contributed by atoms with Crippen LogP contribution < -0.4 is 0 Å². The van der Waals surface area contributed by atoms with E-state index in [4.69, 9.17) is 5.11 Å². The van der Waals surface area contributed by atoms with Crippen LogP contribution in [0.5, 0.6) is 0 Å². The van der Waals surface area contributed by atoms with Crippen molar-refractivity contribution in [3.8, 4) is 0 Å². The van der Waals surface area contributed by atoms with Crippen LogP contribution in [0.25, 0.3) is 0 Å². The van der Waals surface area contributed by atoms with Gasteiger partial charge in [-0.1, -0.05) is 12.8 Å². The average Bonchev–Trinajstić information content (AvgIpc) is 2.84. The molecule has 0 aromatic heterocycles. The van der Waals surface area contributed by atoms with Crippen LogP contribution in [0.15, 0.2) is 0 Å². The lowest BCUT2D eigenvalue weighted by Gasteiger charge is -2.43. The summed E-state index contributed by atoms with van der Waals surface area (Å²) in [6.07, 6.45) is 12.3. The van der Waals surface area contributed by atoms with E-state index < -0.39 is 5.97 Å². The molecule has 2 rings (SSSR count). The summed E-state index contributed by atoms with van der Waals surface area (Å²) in [6, 6.07) is 1.22. The Balaban J connectivity index is 1.83. The van der Waals surface area contributed by atoms with Gasteiger partial charge in [0.05, 0.1) is 0 Å². The summed E-state index contributed by atoms with van der Waals surface area (Å²) in [5.74, 6) is -0.665. The summed E-state index contributed by atoms with van der Waals surface area (Å²) >= 11 is 0. The molecular weight excluding hydrogens is 250 g/mol. The van der Waals surface area contributed by atoms with Crippen LogP contribution in [0.2, 0.25) is 0 Å². The molecular formula is C17H31NO2. The molecule has 2 saturated carbocycles. The van der Waals surface area contributed by atoms with E-state index >= 15 is 0 Å². The third kappa shape index (κ3) is 3.97. The molecule has 116 valence electrons. The fourth-order valence-electron chi connectivity index (χ4n) is 4.45. The second-order valence-corrected chi connectivity index (χ2v) is 7.27. The first kappa shape index (κ1) is 15.8. The lowest BCUT2D eigenvalue weighted by Crippen LogP contribution is -2.44. The number of rotatable bonds is 6. The van der Waals surface area contributed by atoms with E-state index in [0.29, 0.717) is 23.9 Å². The van der Waals surface area contributed by atoms with E-state index in [-0.39, 0.29) is 0 Å². The van der Waals surface area contributed by atoms with E-state index in [1.54, 1.807) is 0 Å². The van der Waals surface area contributed by atoms with E-state index in [1.807, 2.05) is 0 Å². The van der Waals surface area contributed by atoms with Gasteiger partial charge < -0.3 is 5.11 Å². The standard InChI is InChI=1S/C17H31NO2/c1-14(2)18(13-5-6-16(19)20)15-7-11-17(12-8-15)9-3-4-10-17/h14-15H,3-13H2,1-2H3,(H,19,20). The van der Waals surface area contributed by atoms with E-state index in [0.717, 1.165) is 13.0 Å². The molecule has 0 atom stereocenters. The van der Waals surface area contributed by atoms with Gasteiger partial charge in [-0.2, -0.15) is 0 Å². The van der Waals surface area contributed by atoms with Crippen LogP contribution in [0.3, 0.4) is 0 Å². The molecule has 0 aliphatic heterocycles. The third-order valence-electron chi connectivity index (χ3n) is 5.62. The fourth-order valence-corrected chi connectivity index (χ4v) is 4.45. The van der Waals surface area contributed by atoms with Gasteiger partial charge in [0.1, 0.15) is 0 Å². The number of hydrogen-bond acceptors (Lipinski definition) is 2. The summed E-state index contributed by atoms with van der Waals surface area (Å²) in [6.45, 7) is 5.45. The van der Waals surface area contributed by atoms with E-state index in [1.165, 1.54) is 51.4 Å². The van der Waals surface area contributed by atoms with Crippen LogP contribution >= 0.6 is 0 Å². The second kappa shape index (κ2) is 6.93. The molecule has 2 fully saturated rings. The molecule has 0 unspecified atom stereocenters. The van der Waals surface area contributed by atoms with E-state index in [9.17, 15) is 4.79 Å². The van der Waals surface area contributed by atoms with Crippen molar-refractivity contribution >= 4 is 5.97 Å². The SMILES string of the molecule is CC(C)N(CCCC(=O)O)C1CCC2(CCCC2)CC1. The van der Waals surface area contributed by atoms with Gasteiger partial charge in [0, 0.05) is 18.5 Å². The highest BCUT2D eigenvalue weighted by molar-refractivity contribution is 5.66. The predicted octanol–water partition coefficient (Wildman–Crippen LogP) is 4.06. The number of hydrogen-bond donors (Lipinski definition) is 1. The maximum atomic E-state index is 10.7. The van der Waals surface area contributed by atoms with Gasteiger partial charge in [-0.3, -0.25) is 9.69 Å². The number of carboxylic acid groups (broad SMARTS) is 1. The minimum absolute atomic E-state index is 0.305. The molecule has 2 aliphatic rings. The van der Waals surface area contributed by atoms with Crippen molar-refractivity contribution in [3.05, 3.63) is 0 Å². The molecule has 0 aromatic carbocycles. The maximum absolute atomic E-state index is 10.7. The van der Waals surface area contributed by atoms with Gasteiger partial charge in [-0.05, 0) is 70.8 Å². The van der Waals surface area contributed by atoms with Gasteiger partial charge in [0.15, 0.2) is 0 Å². The zero-order chi connectivity index (χ0) is 14.6. The molecule has 20 heavy (non-hydrogen) atoms. The molecule has 0 bridgehead atoms. The molecule has 3 nitrogen and oxygen atoms in total. The minimum atomic E-state index is -0.665. The molecule has 0 saturated heterocycles. The molecule has 0 radical (unpaired) electrons. The van der Waals surface area contributed by atoms with Crippen molar-refractivity contribution in [1.29, 1.82) is 0 Å². The van der Waals surface area contributed by atoms with Gasteiger partial charge >= 0.3 is 5.97 Å². The van der Waals surface area contributed by atoms with Crippen molar-refractivity contribution in [2.24, 2.45) is 5.41 Å². The van der Waals surface area contributed by atoms with Crippen LogP contribution in [0.1, 0.15) is 78.1 Å². The monoisotopic (exact) mass is 281 g/mol. The molecule has 1 spiro atoms. The zero-order valence-electron chi connectivity index (χ0n) is 13.2. The Hall–Kier alpha value is -0.570. The highest BCUT2D eigenvalue weighted by Crippen LogP contribution is 2.49. The molecule has 2 aliphatic carbocycles. The molecule has 1 N–H and O–H groups in total. The lowest BCUT2D eigenvalue weighted by molar-refractivity contribution is -0.137. The predicted molar refractivity (Wildman–Crippen MR) is 81.9 cm³/mol. The molecule has 3 heteroatoms. The van der Waals surface area contributed by atoms with Crippen LogP contribution in [-0.2, 0) is 4.79 Å². The van der Waals surface area contributed by atoms with Crippen LogP contribution in [0.4, 0.5) is 0 Å². The van der Waals surface area contributed by atoms with Crippen LogP contribution in [0, 0.1) is 5.41 Å². The average molecular weight is 281 g/mol. The first-order chi connectivity index (χ1) is 9.52. The maximum Gasteiger partial charge on any atom is 0.303 e. The van der Waals surface area contributed by atoms with Gasteiger partial charge in [0.2, 0.25) is 0 Å². The fraction of sp³-hybridized carbons (Fsp3) is 0.941. The Morgan fingerprint density at radius 2 is 1.80 bits per heavy atom. The summed E-state index contributed by atoms with van der Waals surface area (Å²) in [7, 11) is 0. The lowest BCUT2D eigenvalue weighted by atomic mass is 9.71. The normalized spacial score (nSPS) is 23.0. The summed E-state index contributed by atoms with van der Waals surface area (Å²) in [5, 5.41) is 8.80. The largest absolute Gasteiger partial charge is 0.481 e. The quantitative estimate of drug-likeness (QED) is 0.798. The van der Waals surface area contributed by atoms with Gasteiger partial charge in [-0.25, -0.2) is 0 Å². The smallest absolute Gasteiger partial charge is 0.303 e. The highest BCUT2D eigenvalue weighted by atomic mass is 16.4. The Labute approximate surface area is 123 Å². The topological polar surface area (TPSA) is 40.5 Å². The van der Waals surface area contributed by atoms with Crippen LogP contribution in [-0.4, -0.2) is 34.6 Å². The van der Waals surface area contributed by atoms with Crippen molar-refractivity contribution in [1.82, 2.24) is 4.90 Å². The summed E-state index contributed by atoms with van der Waals surface area (Å²) in [4.78, 5) is 13.2. The van der Waals surface area contributed by atoms with Crippen molar-refractivity contribution in [2.45, 2.75) is 90.1 Å². The Morgan fingerprint density at radius 3 is 2.30 bits per heavy atom. The van der Waals surface area contributed by atoms with Gasteiger partial charge in [0.25, 0.3) is 0 Å². The summed E-state index contributed by atoms with van der Waals surface area (Å²) in [5.41, 5.74) is 0.695. The van der Waals surface area contributed by atoms with Crippen molar-refractivity contribution in [2.75, 3.05) is 6.54 Å². The Bertz CT molecular complexity index is 311. The number of aliphatic carboxylic acids is 1. The van der Waals surface area contributed by atoms with Crippen molar-refractivity contribution in [3.63, 3.8) is 0 Å². The zero-order valence-corrected chi connectivity index (χ0v) is 13.2. The molecule has 0 heterocycles. The minimum Gasteiger partial charge on any atom is -0.481 e. The first-order valence-corrected chi connectivity index (χ1v) is 8.50. The third-order valence-corrected chi connectivity index (χ3v) is 5.62. The second-order valence-electron chi connectivity index (χ2n) is 7.27. The Kier molecular flexibility index (Phi) is 5.48. The number of carbonyl (C=O) groups is 1. The van der Waals surface area contributed by atoms with E-state index in [2.05, 4.69) is 18.7 Å². The molecule has 0 aromatic rings. The highest BCUT2D eigenvalue weighted by Gasteiger charge is 2.39. The Morgan fingerprint density at radius 1 is 1.20 bits per heavy atom. The first-order valence-electron chi connectivity index (χ1n) is 8.50. The summed E-state index contributed by atoms with van der Waals surface area (Å²) < 4.78 is 0. The molecule has 0 amide bonds. The van der Waals surface area contributed by atoms with Gasteiger partial charge in [-0.15, -0.1) is 0 Å². The number of carboxylic acids is 1.